The Morgan fingerprint density at radius 3 is 2.31 bits per heavy atom. The molecule has 0 radical (unpaired) electrons. The molecule has 1 fully saturated rings. The van der Waals surface area contributed by atoms with Crippen LogP contribution in [0.3, 0.4) is 0 Å². The highest BCUT2D eigenvalue weighted by Gasteiger charge is 2.42. The summed E-state index contributed by atoms with van der Waals surface area (Å²) in [4.78, 5) is 12.2. The molecule has 0 amide bonds. The number of carbonyl (C=O) groups is 1. The number of hydrogen-bond acceptors (Lipinski definition) is 3. The lowest BCUT2D eigenvalue weighted by molar-refractivity contribution is -0.153. The first-order chi connectivity index (χ1) is 5.96. The van der Waals surface area contributed by atoms with Gasteiger partial charge in [-0.25, -0.2) is 9.18 Å². The molecule has 1 aliphatic rings. The molecule has 0 aromatic rings. The molecule has 1 aliphatic heterocycles. The molecule has 0 aromatic heterocycles. The van der Waals surface area contributed by atoms with Crippen LogP contribution in [0.25, 0.3) is 0 Å². The van der Waals surface area contributed by atoms with E-state index < -0.39 is 18.7 Å². The van der Waals surface area contributed by atoms with Crippen molar-refractivity contribution in [1.29, 1.82) is 0 Å². The normalized spacial score (nSPS) is 22.7. The Morgan fingerprint density at radius 1 is 1.54 bits per heavy atom. The number of piperidine rings is 1. The molecule has 0 saturated carbocycles. The Kier molecular flexibility index (Phi) is 2.92. The molecule has 2 N–H and O–H groups in total. The van der Waals surface area contributed by atoms with Crippen molar-refractivity contribution in [1.82, 2.24) is 4.81 Å². The topological polar surface area (TPSA) is 60.8 Å². The van der Waals surface area contributed by atoms with Gasteiger partial charge in [0.1, 0.15) is 0 Å². The van der Waals surface area contributed by atoms with E-state index in [0.717, 1.165) is 0 Å². The van der Waals surface area contributed by atoms with E-state index in [4.69, 9.17) is 10.1 Å². The average molecular weight is 189 g/mol. The smallest absolute Gasteiger partial charge is 0.376 e. The molecule has 1 saturated heterocycles. The lowest BCUT2D eigenvalue weighted by Gasteiger charge is -2.34. The maximum absolute atomic E-state index is 13.4. The Bertz CT molecular complexity index is 204. The Morgan fingerprint density at radius 2 is 2.00 bits per heavy atom. The van der Waals surface area contributed by atoms with Gasteiger partial charge >= 0.3 is 13.0 Å². The van der Waals surface area contributed by atoms with Crippen molar-refractivity contribution in [2.24, 2.45) is 0 Å². The molecule has 0 spiro atoms. The van der Waals surface area contributed by atoms with Gasteiger partial charge < -0.3 is 14.9 Å². The third kappa shape index (κ3) is 2.19. The van der Waals surface area contributed by atoms with Crippen molar-refractivity contribution < 1.29 is 19.3 Å². The fourth-order valence-electron chi connectivity index (χ4n) is 1.47. The molecular formula is C7H13BFNO3. The molecule has 0 unspecified atom stereocenters. The number of carboxylic acid groups (broad SMARTS) is 1. The van der Waals surface area contributed by atoms with E-state index >= 15 is 0 Å². The summed E-state index contributed by atoms with van der Waals surface area (Å²) in [6, 6.07) is 0. The lowest BCUT2D eigenvalue weighted by atomic mass is 9.80. The average Bonchev–Trinajstić information content (AvgIpc) is 2.04. The highest BCUT2D eigenvalue weighted by atomic mass is 19.1. The van der Waals surface area contributed by atoms with Gasteiger partial charge in [-0.05, 0) is 19.9 Å². The van der Waals surface area contributed by atoms with Crippen molar-refractivity contribution in [3.63, 3.8) is 0 Å². The van der Waals surface area contributed by atoms with E-state index in [2.05, 4.69) is 0 Å². The zero-order valence-electron chi connectivity index (χ0n) is 7.53. The van der Waals surface area contributed by atoms with Gasteiger partial charge in [0, 0.05) is 12.8 Å². The third-order valence-electron chi connectivity index (χ3n) is 2.50. The van der Waals surface area contributed by atoms with Gasteiger partial charge in [-0.3, -0.25) is 0 Å². The predicted octanol–water partition coefficient (Wildman–Crippen LogP) is -0.0146. The highest BCUT2D eigenvalue weighted by molar-refractivity contribution is 6.45. The monoisotopic (exact) mass is 189 g/mol. The van der Waals surface area contributed by atoms with Crippen molar-refractivity contribution in [3.05, 3.63) is 0 Å². The third-order valence-corrected chi connectivity index (χ3v) is 2.50. The summed E-state index contributed by atoms with van der Waals surface area (Å²) in [7, 11) is -0.627. The molecule has 0 bridgehead atoms. The Balaban J connectivity index is 2.51. The van der Waals surface area contributed by atoms with E-state index in [-0.39, 0.29) is 12.8 Å². The van der Waals surface area contributed by atoms with Crippen LogP contribution in [0.15, 0.2) is 0 Å². The number of rotatable bonds is 2. The summed E-state index contributed by atoms with van der Waals surface area (Å²) in [5.74, 6) is -1.39. The van der Waals surface area contributed by atoms with Crippen LogP contribution in [0.1, 0.15) is 12.8 Å². The number of aliphatic carboxylic acids is 1. The first-order valence-electron chi connectivity index (χ1n) is 4.30. The van der Waals surface area contributed by atoms with Crippen molar-refractivity contribution in [2.45, 2.75) is 25.3 Å². The van der Waals surface area contributed by atoms with Crippen LogP contribution in [-0.4, -0.2) is 46.7 Å². The second-order valence-corrected chi connectivity index (χ2v) is 3.44. The summed E-state index contributed by atoms with van der Waals surface area (Å²) in [5.41, 5.74) is -2.09. The molecule has 0 atom stereocenters. The minimum Gasteiger partial charge on any atom is -0.479 e. The second-order valence-electron chi connectivity index (χ2n) is 3.44. The first kappa shape index (κ1) is 10.5. The zero-order valence-corrected chi connectivity index (χ0v) is 7.53. The van der Waals surface area contributed by atoms with Crippen LogP contribution < -0.4 is 0 Å². The molecular weight excluding hydrogens is 176 g/mol. The quantitative estimate of drug-likeness (QED) is 0.599. The Labute approximate surface area is 76.5 Å². The van der Waals surface area contributed by atoms with Crippen LogP contribution in [0.2, 0.25) is 6.82 Å². The van der Waals surface area contributed by atoms with E-state index in [1.807, 2.05) is 0 Å². The predicted molar refractivity (Wildman–Crippen MR) is 46.1 cm³/mol. The number of carboxylic acids is 1. The number of halogens is 1. The van der Waals surface area contributed by atoms with Crippen LogP contribution in [0.4, 0.5) is 4.39 Å². The summed E-state index contributed by atoms with van der Waals surface area (Å²) >= 11 is 0. The molecule has 13 heavy (non-hydrogen) atoms. The van der Waals surface area contributed by atoms with Gasteiger partial charge in [0.25, 0.3) is 0 Å². The molecule has 74 valence electrons. The van der Waals surface area contributed by atoms with Crippen molar-refractivity contribution in [2.75, 3.05) is 13.1 Å². The van der Waals surface area contributed by atoms with E-state index in [0.29, 0.717) is 13.1 Å². The molecule has 6 heteroatoms. The van der Waals surface area contributed by atoms with Gasteiger partial charge in [0.05, 0.1) is 0 Å². The van der Waals surface area contributed by atoms with Gasteiger partial charge in [0.2, 0.25) is 5.67 Å². The molecule has 0 aliphatic carbocycles. The fourth-order valence-corrected chi connectivity index (χ4v) is 1.47. The Hall–Kier alpha value is -0.615. The summed E-state index contributed by atoms with van der Waals surface area (Å²) < 4.78 is 13.4. The number of hydrogen-bond donors (Lipinski definition) is 2. The largest absolute Gasteiger partial charge is 0.479 e. The summed E-state index contributed by atoms with van der Waals surface area (Å²) in [6.45, 7) is 2.17. The molecule has 4 nitrogen and oxygen atoms in total. The summed E-state index contributed by atoms with van der Waals surface area (Å²) in [5, 5.41) is 17.7. The first-order valence-corrected chi connectivity index (χ1v) is 4.30. The second kappa shape index (κ2) is 3.63. The van der Waals surface area contributed by atoms with Crippen LogP contribution in [0.5, 0.6) is 0 Å². The van der Waals surface area contributed by atoms with Crippen LogP contribution in [-0.2, 0) is 4.79 Å². The van der Waals surface area contributed by atoms with E-state index in [1.54, 1.807) is 11.6 Å². The van der Waals surface area contributed by atoms with Gasteiger partial charge in [-0.1, -0.05) is 0 Å². The van der Waals surface area contributed by atoms with Crippen molar-refractivity contribution >= 4 is 13.0 Å². The molecule has 1 rings (SSSR count). The number of nitrogens with zero attached hydrogens (tertiary/aromatic N) is 1. The highest BCUT2D eigenvalue weighted by Crippen LogP contribution is 2.26. The van der Waals surface area contributed by atoms with Gasteiger partial charge in [-0.2, -0.15) is 0 Å². The minimum absolute atomic E-state index is 0.0484. The SMILES string of the molecule is CB(O)N1CCC(F)(C(=O)O)CC1. The zero-order chi connectivity index (χ0) is 10.1. The van der Waals surface area contributed by atoms with E-state index in [9.17, 15) is 9.18 Å². The molecule has 1 heterocycles. The van der Waals surface area contributed by atoms with Crippen LogP contribution in [0, 0.1) is 0 Å². The lowest BCUT2D eigenvalue weighted by Crippen LogP contribution is -2.50. The summed E-state index contributed by atoms with van der Waals surface area (Å²) in [6.07, 6.45) is -0.0968. The standard InChI is InChI=1S/C7H13BFNO3/c1-8(13)10-4-2-7(9,3-5-10)6(11)12/h13H,2-5H2,1H3,(H,11,12). The number of alkyl halides is 1. The maximum Gasteiger partial charge on any atom is 0.376 e. The van der Waals surface area contributed by atoms with Crippen LogP contribution >= 0.6 is 0 Å². The minimum atomic E-state index is -2.09. The fraction of sp³-hybridized carbons (Fsp3) is 0.857. The molecule has 0 aromatic carbocycles. The van der Waals surface area contributed by atoms with Crippen molar-refractivity contribution in [3.8, 4) is 0 Å². The van der Waals surface area contributed by atoms with E-state index in [1.165, 1.54) is 0 Å². The van der Waals surface area contributed by atoms with Gasteiger partial charge in [-0.15, -0.1) is 0 Å². The van der Waals surface area contributed by atoms with Gasteiger partial charge in [0.15, 0.2) is 0 Å². The maximum atomic E-state index is 13.4.